The van der Waals surface area contributed by atoms with Gasteiger partial charge in [-0.25, -0.2) is 0 Å². The van der Waals surface area contributed by atoms with E-state index in [1.807, 2.05) is 25.0 Å². The molecule has 0 bridgehead atoms. The first kappa shape index (κ1) is 18.5. The maximum Gasteiger partial charge on any atom is 0.191 e. The Hall–Kier alpha value is -1.56. The van der Waals surface area contributed by atoms with Gasteiger partial charge < -0.3 is 15.5 Å². The molecule has 0 aliphatic rings. The second-order valence-electron chi connectivity index (χ2n) is 5.87. The third-order valence-electron chi connectivity index (χ3n) is 3.74. The lowest BCUT2D eigenvalue weighted by atomic mass is 10.1. The first-order valence-corrected chi connectivity index (χ1v) is 8.18. The van der Waals surface area contributed by atoms with E-state index in [2.05, 4.69) is 52.8 Å². The molecule has 6 heteroatoms. The second-order valence-corrected chi connectivity index (χ2v) is 5.87. The maximum absolute atomic E-state index is 4.29. The smallest absolute Gasteiger partial charge is 0.191 e. The van der Waals surface area contributed by atoms with E-state index in [4.69, 9.17) is 0 Å². The molecule has 0 aromatic carbocycles. The molecule has 6 nitrogen and oxygen atoms in total. The number of nitrogens with zero attached hydrogens (tertiary/aromatic N) is 4. The van der Waals surface area contributed by atoms with Crippen LogP contribution in [0.15, 0.2) is 17.4 Å². The van der Waals surface area contributed by atoms with Gasteiger partial charge in [-0.05, 0) is 20.5 Å². The van der Waals surface area contributed by atoms with E-state index in [1.54, 1.807) is 0 Å². The van der Waals surface area contributed by atoms with Gasteiger partial charge >= 0.3 is 0 Å². The Kier molecular flexibility index (Phi) is 8.58. The molecule has 0 radical (unpaired) electrons. The van der Waals surface area contributed by atoms with Crippen molar-refractivity contribution in [3.8, 4) is 0 Å². The molecule has 1 aromatic heterocycles. The van der Waals surface area contributed by atoms with Crippen LogP contribution in [0.25, 0.3) is 0 Å². The van der Waals surface area contributed by atoms with E-state index in [9.17, 15) is 0 Å². The minimum absolute atomic E-state index is 0.271. The Morgan fingerprint density at radius 2 is 2.09 bits per heavy atom. The van der Waals surface area contributed by atoms with Gasteiger partial charge in [0.1, 0.15) is 0 Å². The summed E-state index contributed by atoms with van der Waals surface area (Å²) in [5.41, 5.74) is 1.21. The highest BCUT2D eigenvalue weighted by molar-refractivity contribution is 5.79. The summed E-state index contributed by atoms with van der Waals surface area (Å²) in [4.78, 5) is 6.48. The van der Waals surface area contributed by atoms with Gasteiger partial charge in [0.05, 0.1) is 12.2 Å². The average Bonchev–Trinajstić information content (AvgIpc) is 2.91. The zero-order chi connectivity index (χ0) is 16.4. The van der Waals surface area contributed by atoms with Gasteiger partial charge in [0.2, 0.25) is 0 Å². The topological polar surface area (TPSA) is 57.5 Å². The Balaban J connectivity index is 2.42. The summed E-state index contributed by atoms with van der Waals surface area (Å²) in [5, 5.41) is 11.1. The maximum atomic E-state index is 4.29. The minimum atomic E-state index is 0.271. The third-order valence-corrected chi connectivity index (χ3v) is 3.74. The standard InChI is InChI=1S/C16H32N6/c1-6-7-8-9-10-18-16(17-2)19-12-15(21(3)4)14-11-20-22(5)13-14/h11,13,15H,6-10,12H2,1-5H3,(H2,17,18,19). The van der Waals surface area contributed by atoms with Crippen LogP contribution in [0.2, 0.25) is 0 Å². The molecule has 0 saturated heterocycles. The van der Waals surface area contributed by atoms with Crippen LogP contribution < -0.4 is 10.6 Å². The average molecular weight is 308 g/mol. The molecule has 126 valence electrons. The van der Waals surface area contributed by atoms with E-state index in [0.29, 0.717) is 0 Å². The monoisotopic (exact) mass is 308 g/mol. The summed E-state index contributed by atoms with van der Waals surface area (Å²) < 4.78 is 1.84. The molecule has 1 rings (SSSR count). The van der Waals surface area contributed by atoms with E-state index >= 15 is 0 Å². The molecule has 1 unspecified atom stereocenters. The number of rotatable bonds is 9. The fraction of sp³-hybridized carbons (Fsp3) is 0.750. The molecule has 1 aromatic rings. The van der Waals surface area contributed by atoms with Crippen LogP contribution in [-0.2, 0) is 7.05 Å². The summed E-state index contributed by atoms with van der Waals surface area (Å²) in [5.74, 6) is 0.868. The van der Waals surface area contributed by atoms with Gasteiger partial charge in [0.15, 0.2) is 5.96 Å². The van der Waals surface area contributed by atoms with Crippen LogP contribution in [0.3, 0.4) is 0 Å². The molecule has 1 heterocycles. The van der Waals surface area contributed by atoms with Crippen molar-refractivity contribution in [2.24, 2.45) is 12.0 Å². The van der Waals surface area contributed by atoms with E-state index < -0.39 is 0 Å². The molecular weight excluding hydrogens is 276 g/mol. The number of nitrogens with one attached hydrogen (secondary N) is 2. The summed E-state index contributed by atoms with van der Waals surface area (Å²) in [6.45, 7) is 4.00. The van der Waals surface area contributed by atoms with E-state index in [1.165, 1.54) is 31.2 Å². The quantitative estimate of drug-likeness (QED) is 0.415. The highest BCUT2D eigenvalue weighted by Crippen LogP contribution is 2.15. The zero-order valence-corrected chi connectivity index (χ0v) is 14.8. The molecule has 2 N–H and O–H groups in total. The molecule has 1 atom stereocenters. The Morgan fingerprint density at radius 1 is 1.32 bits per heavy atom. The highest BCUT2D eigenvalue weighted by atomic mass is 15.3. The molecule has 0 aliphatic carbocycles. The van der Waals surface area contributed by atoms with Crippen molar-refractivity contribution < 1.29 is 0 Å². The fourth-order valence-electron chi connectivity index (χ4n) is 2.38. The summed E-state index contributed by atoms with van der Waals surface area (Å²) in [6, 6.07) is 0.271. The van der Waals surface area contributed by atoms with E-state index in [-0.39, 0.29) is 6.04 Å². The van der Waals surface area contributed by atoms with Crippen LogP contribution in [0.4, 0.5) is 0 Å². The molecule has 0 amide bonds. The lowest BCUT2D eigenvalue weighted by molar-refractivity contribution is 0.298. The van der Waals surface area contributed by atoms with Crippen LogP contribution >= 0.6 is 0 Å². The molecule has 0 aliphatic heterocycles. The van der Waals surface area contributed by atoms with Crippen molar-refractivity contribution in [3.63, 3.8) is 0 Å². The van der Waals surface area contributed by atoms with Crippen LogP contribution in [0, 0.1) is 0 Å². The third kappa shape index (κ3) is 6.47. The van der Waals surface area contributed by atoms with E-state index in [0.717, 1.165) is 19.0 Å². The minimum Gasteiger partial charge on any atom is -0.356 e. The summed E-state index contributed by atoms with van der Waals surface area (Å²) in [6.07, 6.45) is 9.02. The van der Waals surface area contributed by atoms with Crippen molar-refractivity contribution in [1.82, 2.24) is 25.3 Å². The predicted octanol–water partition coefficient (Wildman–Crippen LogP) is 1.77. The largest absolute Gasteiger partial charge is 0.356 e. The van der Waals surface area contributed by atoms with Gasteiger partial charge in [-0.15, -0.1) is 0 Å². The Bertz CT molecular complexity index is 438. The number of aryl methyl sites for hydroxylation is 1. The van der Waals surface area contributed by atoms with Gasteiger partial charge in [-0.3, -0.25) is 9.67 Å². The molecule has 22 heavy (non-hydrogen) atoms. The fourth-order valence-corrected chi connectivity index (χ4v) is 2.38. The predicted molar refractivity (Wildman–Crippen MR) is 93.1 cm³/mol. The van der Waals surface area contributed by atoms with Gasteiger partial charge in [-0.1, -0.05) is 26.2 Å². The van der Waals surface area contributed by atoms with Crippen molar-refractivity contribution in [2.45, 2.75) is 38.6 Å². The normalized spacial score (nSPS) is 13.5. The van der Waals surface area contributed by atoms with Crippen molar-refractivity contribution in [1.29, 1.82) is 0 Å². The van der Waals surface area contributed by atoms with Crippen molar-refractivity contribution in [3.05, 3.63) is 18.0 Å². The number of aromatic nitrogens is 2. The number of hydrogen-bond acceptors (Lipinski definition) is 3. The zero-order valence-electron chi connectivity index (χ0n) is 14.8. The van der Waals surface area contributed by atoms with Crippen molar-refractivity contribution in [2.75, 3.05) is 34.2 Å². The van der Waals surface area contributed by atoms with Gasteiger partial charge in [0, 0.05) is 38.9 Å². The number of unbranched alkanes of at least 4 members (excludes halogenated alkanes) is 3. The number of aliphatic imine (C=N–C) groups is 1. The van der Waals surface area contributed by atoms with Gasteiger partial charge in [0.25, 0.3) is 0 Å². The molecule has 0 saturated carbocycles. The van der Waals surface area contributed by atoms with Crippen LogP contribution in [0.1, 0.15) is 44.2 Å². The lowest BCUT2D eigenvalue weighted by Crippen LogP contribution is -2.42. The summed E-state index contributed by atoms with van der Waals surface area (Å²) in [7, 11) is 7.93. The number of hydrogen-bond donors (Lipinski definition) is 2. The Labute approximate surface area is 135 Å². The second kappa shape index (κ2) is 10.2. The SMILES string of the molecule is CCCCCCNC(=NC)NCC(c1cnn(C)c1)N(C)C. The molecule has 0 spiro atoms. The first-order valence-electron chi connectivity index (χ1n) is 8.18. The molecule has 0 fully saturated rings. The molecular formula is C16H32N6. The summed E-state index contributed by atoms with van der Waals surface area (Å²) >= 11 is 0. The van der Waals surface area contributed by atoms with Crippen LogP contribution in [0.5, 0.6) is 0 Å². The highest BCUT2D eigenvalue weighted by Gasteiger charge is 2.16. The first-order chi connectivity index (χ1) is 10.6. The lowest BCUT2D eigenvalue weighted by Gasteiger charge is -2.24. The van der Waals surface area contributed by atoms with Crippen LogP contribution in [-0.4, -0.2) is 54.9 Å². The number of likely N-dealkylation sites (N-methyl/N-ethyl adjacent to an activating group) is 1. The number of guanidine groups is 1. The van der Waals surface area contributed by atoms with Crippen molar-refractivity contribution >= 4 is 5.96 Å². The Morgan fingerprint density at radius 3 is 2.64 bits per heavy atom. The van der Waals surface area contributed by atoms with Gasteiger partial charge in [-0.2, -0.15) is 5.10 Å².